The number of rotatable bonds is 8. The second-order valence-electron chi connectivity index (χ2n) is 9.41. The minimum absolute atomic E-state index is 0.150. The third-order valence-corrected chi connectivity index (χ3v) is 7.19. The highest BCUT2D eigenvalue weighted by molar-refractivity contribution is 5.98. The fraction of sp³-hybridized carbons (Fsp3) is 0.407. The number of likely N-dealkylation sites (N-methyl/N-ethyl adjacent to an activating group) is 1. The molecule has 5 atom stereocenters. The molecular formula is C27H31FN2O3. The van der Waals surface area contributed by atoms with Crippen molar-refractivity contribution in [2.45, 2.75) is 31.8 Å². The summed E-state index contributed by atoms with van der Waals surface area (Å²) in [4.78, 5) is 27.0. The summed E-state index contributed by atoms with van der Waals surface area (Å²) in [6.45, 7) is 2.16. The molecular weight excluding hydrogens is 419 g/mol. The van der Waals surface area contributed by atoms with Crippen LogP contribution in [-0.2, 0) is 11.2 Å². The summed E-state index contributed by atoms with van der Waals surface area (Å²) in [6.07, 6.45) is 6.83. The van der Waals surface area contributed by atoms with E-state index in [9.17, 15) is 14.0 Å². The molecule has 0 radical (unpaired) electrons. The topological polar surface area (TPSA) is 58.6 Å². The second-order valence-corrected chi connectivity index (χ2v) is 9.41. The van der Waals surface area contributed by atoms with Crippen LogP contribution in [0.5, 0.6) is 5.75 Å². The molecule has 6 heteroatoms. The van der Waals surface area contributed by atoms with Gasteiger partial charge in [0.2, 0.25) is 0 Å². The molecule has 2 aromatic carbocycles. The zero-order valence-electron chi connectivity index (χ0n) is 19.5. The molecule has 0 spiro atoms. The lowest BCUT2D eigenvalue weighted by Gasteiger charge is -2.25. The zero-order valence-corrected chi connectivity index (χ0v) is 19.5. The zero-order chi connectivity index (χ0) is 23.7. The van der Waals surface area contributed by atoms with Gasteiger partial charge < -0.3 is 19.7 Å². The number of nitrogens with one attached hydrogen (secondary N) is 1. The molecule has 2 bridgehead atoms. The highest BCUT2D eigenvalue weighted by Crippen LogP contribution is 2.43. The number of hydrogen-bond acceptors (Lipinski definition) is 4. The van der Waals surface area contributed by atoms with Crippen molar-refractivity contribution in [1.82, 2.24) is 10.2 Å². The Kier molecular flexibility index (Phi) is 6.66. The molecule has 0 aromatic heterocycles. The van der Waals surface area contributed by atoms with Crippen LogP contribution in [0.4, 0.5) is 4.39 Å². The number of carbonyl (C=O) groups is 2. The molecule has 1 fully saturated rings. The molecule has 0 aliphatic heterocycles. The Balaban J connectivity index is 1.59. The molecule has 0 saturated heterocycles. The molecule has 5 nitrogen and oxygen atoms in total. The van der Waals surface area contributed by atoms with Crippen LogP contribution in [0, 0.1) is 23.6 Å². The largest absolute Gasteiger partial charge is 0.496 e. The first-order valence-electron chi connectivity index (χ1n) is 11.4. The van der Waals surface area contributed by atoms with Crippen LogP contribution in [0.2, 0.25) is 0 Å². The first-order valence-corrected chi connectivity index (χ1v) is 11.4. The van der Waals surface area contributed by atoms with Gasteiger partial charge >= 0.3 is 0 Å². The fourth-order valence-electron chi connectivity index (χ4n) is 4.94. The first-order chi connectivity index (χ1) is 15.8. The first kappa shape index (κ1) is 23.2. The Morgan fingerprint density at radius 3 is 2.55 bits per heavy atom. The molecule has 2 aliphatic rings. The Morgan fingerprint density at radius 1 is 1.21 bits per heavy atom. The summed E-state index contributed by atoms with van der Waals surface area (Å²) in [6, 6.07) is 10.7. The Morgan fingerprint density at radius 2 is 1.91 bits per heavy atom. The number of benzene rings is 2. The van der Waals surface area contributed by atoms with E-state index in [0.29, 0.717) is 17.2 Å². The van der Waals surface area contributed by atoms with Crippen LogP contribution in [-0.4, -0.2) is 50.4 Å². The number of aldehydes is 1. The average molecular weight is 451 g/mol. The van der Waals surface area contributed by atoms with E-state index in [1.807, 2.05) is 38.4 Å². The van der Waals surface area contributed by atoms with Gasteiger partial charge in [-0.3, -0.25) is 4.79 Å². The lowest BCUT2D eigenvalue weighted by Crippen LogP contribution is -2.43. The standard InChI is InChI=1S/C27H31FN2O3/c1-16(30(2)3)11-17-5-7-18(8-6-17)21-13-22(25(33-4)14-24(21)28)27(32)29-26-20-10-9-19(12-20)23(26)15-31/h5-10,13-16,19-20,23,26H,11-12H2,1-4H3,(H,29,32)/t16-,19-,20+,23+,26-/m1/s1. The Labute approximate surface area is 194 Å². The van der Waals surface area contributed by atoms with Crippen molar-refractivity contribution in [3.05, 3.63) is 65.5 Å². The maximum absolute atomic E-state index is 15.0. The summed E-state index contributed by atoms with van der Waals surface area (Å²) < 4.78 is 20.3. The van der Waals surface area contributed by atoms with Crippen molar-refractivity contribution in [1.29, 1.82) is 0 Å². The second kappa shape index (κ2) is 9.48. The normalized spacial score (nSPS) is 24.2. The van der Waals surface area contributed by atoms with Gasteiger partial charge in [0.15, 0.2) is 0 Å². The number of carbonyl (C=O) groups excluding carboxylic acids is 2. The van der Waals surface area contributed by atoms with Crippen molar-refractivity contribution in [2.24, 2.45) is 17.8 Å². The minimum Gasteiger partial charge on any atom is -0.496 e. The van der Waals surface area contributed by atoms with Gasteiger partial charge in [-0.15, -0.1) is 0 Å². The van der Waals surface area contributed by atoms with Crippen LogP contribution in [0.25, 0.3) is 11.1 Å². The molecule has 2 aromatic rings. The molecule has 0 unspecified atom stereocenters. The molecule has 2 aliphatic carbocycles. The maximum Gasteiger partial charge on any atom is 0.255 e. The van der Waals surface area contributed by atoms with Crippen molar-refractivity contribution >= 4 is 12.2 Å². The van der Waals surface area contributed by atoms with E-state index in [2.05, 4.69) is 29.3 Å². The quantitative estimate of drug-likeness (QED) is 0.486. The Hall–Kier alpha value is -2.99. The van der Waals surface area contributed by atoms with Gasteiger partial charge in [0.1, 0.15) is 17.9 Å². The van der Waals surface area contributed by atoms with Crippen LogP contribution in [0.3, 0.4) is 0 Å². The van der Waals surface area contributed by atoms with Gasteiger partial charge in [-0.25, -0.2) is 4.39 Å². The summed E-state index contributed by atoms with van der Waals surface area (Å²) in [5.41, 5.74) is 2.46. The molecule has 4 rings (SSSR count). The number of hydrogen-bond donors (Lipinski definition) is 1. The third-order valence-electron chi connectivity index (χ3n) is 7.19. The van der Waals surface area contributed by atoms with E-state index >= 15 is 0 Å². The fourth-order valence-corrected chi connectivity index (χ4v) is 4.94. The highest BCUT2D eigenvalue weighted by atomic mass is 19.1. The van der Waals surface area contributed by atoms with Gasteiger partial charge in [0, 0.05) is 29.6 Å². The lowest BCUT2D eigenvalue weighted by molar-refractivity contribution is -0.112. The SMILES string of the molecule is COc1cc(F)c(-c2ccc(C[C@@H](C)N(C)C)cc2)cc1C(=O)N[C@H]1[C@@H](C=O)[C@@H]2C=C[C@H]1C2. The van der Waals surface area contributed by atoms with Crippen molar-refractivity contribution in [3.8, 4) is 16.9 Å². The number of ether oxygens (including phenoxy) is 1. The van der Waals surface area contributed by atoms with E-state index in [1.54, 1.807) is 6.07 Å². The number of halogens is 1. The predicted molar refractivity (Wildman–Crippen MR) is 127 cm³/mol. The molecule has 174 valence electrons. The van der Waals surface area contributed by atoms with Gasteiger partial charge in [0.05, 0.1) is 12.7 Å². The highest BCUT2D eigenvalue weighted by Gasteiger charge is 2.45. The van der Waals surface area contributed by atoms with Gasteiger partial charge in [-0.2, -0.15) is 0 Å². The third kappa shape index (κ3) is 4.58. The summed E-state index contributed by atoms with van der Waals surface area (Å²) >= 11 is 0. The monoisotopic (exact) mass is 450 g/mol. The molecule has 1 N–H and O–H groups in total. The van der Waals surface area contributed by atoms with Gasteiger partial charge in [-0.05, 0) is 62.9 Å². The average Bonchev–Trinajstić information content (AvgIpc) is 3.41. The number of methoxy groups -OCH3 is 1. The van der Waals surface area contributed by atoms with E-state index in [4.69, 9.17) is 4.74 Å². The Bertz CT molecular complexity index is 1060. The van der Waals surface area contributed by atoms with E-state index in [1.165, 1.54) is 13.2 Å². The van der Waals surface area contributed by atoms with Gasteiger partial charge in [-0.1, -0.05) is 36.4 Å². The molecule has 0 heterocycles. The number of allylic oxidation sites excluding steroid dienone is 1. The van der Waals surface area contributed by atoms with Gasteiger partial charge in [0.25, 0.3) is 5.91 Å². The smallest absolute Gasteiger partial charge is 0.255 e. The van der Waals surface area contributed by atoms with Crippen LogP contribution >= 0.6 is 0 Å². The minimum atomic E-state index is -0.452. The van der Waals surface area contributed by atoms with Crippen LogP contribution in [0.1, 0.15) is 29.3 Å². The van der Waals surface area contributed by atoms with E-state index in [-0.39, 0.29) is 41.0 Å². The maximum atomic E-state index is 15.0. The lowest BCUT2D eigenvalue weighted by atomic mass is 9.90. The molecule has 33 heavy (non-hydrogen) atoms. The summed E-state index contributed by atoms with van der Waals surface area (Å²) in [7, 11) is 5.51. The van der Waals surface area contributed by atoms with Crippen LogP contribution < -0.4 is 10.1 Å². The number of nitrogens with zero attached hydrogens (tertiary/aromatic N) is 1. The van der Waals surface area contributed by atoms with Crippen molar-refractivity contribution < 1.29 is 18.7 Å². The molecule has 1 saturated carbocycles. The number of fused-ring (bicyclic) bond motifs is 2. The molecule has 1 amide bonds. The van der Waals surface area contributed by atoms with E-state index < -0.39 is 5.82 Å². The van der Waals surface area contributed by atoms with Crippen molar-refractivity contribution in [3.63, 3.8) is 0 Å². The van der Waals surface area contributed by atoms with Crippen molar-refractivity contribution in [2.75, 3.05) is 21.2 Å². The van der Waals surface area contributed by atoms with Crippen LogP contribution in [0.15, 0.2) is 48.6 Å². The summed E-state index contributed by atoms with van der Waals surface area (Å²) in [5, 5.41) is 3.01. The van der Waals surface area contributed by atoms with E-state index in [0.717, 1.165) is 24.7 Å². The number of amides is 1. The predicted octanol–water partition coefficient (Wildman–Crippen LogP) is 4.11. The summed E-state index contributed by atoms with van der Waals surface area (Å²) in [5.74, 6) is -0.540.